The number of hydrogen-bond donors (Lipinski definition) is 2. The maximum Gasteiger partial charge on any atom is 0.182 e. The zero-order chi connectivity index (χ0) is 17.0. The van der Waals surface area contributed by atoms with Gasteiger partial charge in [0.05, 0.1) is 6.10 Å². The van der Waals surface area contributed by atoms with Crippen LogP contribution in [-0.4, -0.2) is 27.7 Å². The molecule has 0 radical (unpaired) electrons. The average molecular weight is 326 g/mol. The lowest BCUT2D eigenvalue weighted by atomic mass is 9.78. The highest BCUT2D eigenvalue weighted by atomic mass is 19.1. The van der Waals surface area contributed by atoms with E-state index in [1.165, 1.54) is 24.5 Å². The molecule has 1 fully saturated rings. The molecule has 1 saturated carbocycles. The van der Waals surface area contributed by atoms with E-state index in [1.54, 1.807) is 12.1 Å². The van der Waals surface area contributed by atoms with Crippen molar-refractivity contribution in [3.8, 4) is 6.07 Å². The van der Waals surface area contributed by atoms with Crippen LogP contribution in [0.2, 0.25) is 0 Å². The molecule has 0 saturated heterocycles. The smallest absolute Gasteiger partial charge is 0.182 e. The second-order valence-corrected chi connectivity index (χ2v) is 6.29. The summed E-state index contributed by atoms with van der Waals surface area (Å²) in [6.07, 6.45) is 5.75. The molecule has 2 N–H and O–H groups in total. The number of aromatic nitrogens is 2. The van der Waals surface area contributed by atoms with Gasteiger partial charge < -0.3 is 10.4 Å². The maximum absolute atomic E-state index is 13.1. The molecule has 6 heteroatoms. The molecule has 0 amide bonds. The normalized spacial score (nSPS) is 23.0. The van der Waals surface area contributed by atoms with E-state index >= 15 is 0 Å². The number of aliphatic hydroxyl groups is 1. The van der Waals surface area contributed by atoms with Crippen LogP contribution in [0.1, 0.15) is 30.5 Å². The predicted octanol–water partition coefficient (Wildman–Crippen LogP) is 2.67. The number of aliphatic hydroxyl groups excluding tert-OH is 1. The summed E-state index contributed by atoms with van der Waals surface area (Å²) in [6.45, 7) is 0.485. The van der Waals surface area contributed by atoms with Crippen LogP contribution in [-0.2, 0) is 6.42 Å². The first kappa shape index (κ1) is 16.3. The molecule has 24 heavy (non-hydrogen) atoms. The Hall–Kier alpha value is -2.52. The summed E-state index contributed by atoms with van der Waals surface area (Å²) < 4.78 is 13.1. The minimum atomic E-state index is -0.447. The van der Waals surface area contributed by atoms with Crippen molar-refractivity contribution in [3.05, 3.63) is 53.7 Å². The van der Waals surface area contributed by atoms with Crippen LogP contribution >= 0.6 is 0 Å². The summed E-state index contributed by atoms with van der Waals surface area (Å²) in [4.78, 5) is 8.15. The Morgan fingerprint density at radius 1 is 1.29 bits per heavy atom. The van der Waals surface area contributed by atoms with Crippen LogP contribution < -0.4 is 5.32 Å². The van der Waals surface area contributed by atoms with Crippen molar-refractivity contribution in [2.24, 2.45) is 5.41 Å². The zero-order valence-electron chi connectivity index (χ0n) is 13.2. The summed E-state index contributed by atoms with van der Waals surface area (Å²) >= 11 is 0. The maximum atomic E-state index is 13.1. The molecule has 2 unspecified atom stereocenters. The molecule has 3 rings (SSSR count). The Morgan fingerprint density at radius 2 is 2.04 bits per heavy atom. The third-order valence-corrected chi connectivity index (χ3v) is 4.74. The number of halogens is 1. The first-order valence-electron chi connectivity index (χ1n) is 8.00. The standard InChI is InChI=1S/C18H19FN4O/c19-14-5-3-13(4-6-14)10-18(7-1-2-16(18)24)12-23-17-15(11-20)21-8-9-22-17/h3-6,8-9,16,24H,1-2,7,10,12H2,(H,22,23). The molecular formula is C18H19FN4O. The fourth-order valence-corrected chi connectivity index (χ4v) is 3.41. The van der Waals surface area contributed by atoms with Gasteiger partial charge in [-0.2, -0.15) is 5.26 Å². The zero-order valence-corrected chi connectivity index (χ0v) is 13.2. The molecule has 0 spiro atoms. The van der Waals surface area contributed by atoms with Gasteiger partial charge in [0.25, 0.3) is 0 Å². The topological polar surface area (TPSA) is 81.8 Å². The summed E-state index contributed by atoms with van der Waals surface area (Å²) in [7, 11) is 0. The molecule has 1 heterocycles. The number of rotatable bonds is 5. The lowest BCUT2D eigenvalue weighted by Crippen LogP contribution is -2.39. The van der Waals surface area contributed by atoms with E-state index in [-0.39, 0.29) is 16.9 Å². The molecule has 2 atom stereocenters. The van der Waals surface area contributed by atoms with Gasteiger partial charge in [-0.15, -0.1) is 0 Å². The highest BCUT2D eigenvalue weighted by molar-refractivity contribution is 5.47. The van der Waals surface area contributed by atoms with Crippen molar-refractivity contribution < 1.29 is 9.50 Å². The van der Waals surface area contributed by atoms with Crippen LogP contribution in [0.5, 0.6) is 0 Å². The molecule has 5 nitrogen and oxygen atoms in total. The van der Waals surface area contributed by atoms with Gasteiger partial charge in [-0.3, -0.25) is 0 Å². The van der Waals surface area contributed by atoms with Crippen molar-refractivity contribution in [1.82, 2.24) is 9.97 Å². The number of hydrogen-bond acceptors (Lipinski definition) is 5. The molecule has 0 aliphatic heterocycles. The summed E-state index contributed by atoms with van der Waals surface area (Å²) in [5.41, 5.74) is 0.864. The third-order valence-electron chi connectivity index (χ3n) is 4.74. The minimum Gasteiger partial charge on any atom is -0.392 e. The molecule has 2 aromatic rings. The lowest BCUT2D eigenvalue weighted by Gasteiger charge is -2.33. The van der Waals surface area contributed by atoms with Crippen LogP contribution in [0.15, 0.2) is 36.7 Å². The van der Waals surface area contributed by atoms with E-state index < -0.39 is 6.10 Å². The molecule has 1 aromatic heterocycles. The van der Waals surface area contributed by atoms with Crippen molar-refractivity contribution in [2.45, 2.75) is 31.8 Å². The van der Waals surface area contributed by atoms with E-state index in [0.29, 0.717) is 18.8 Å². The van der Waals surface area contributed by atoms with E-state index in [0.717, 1.165) is 24.8 Å². The van der Waals surface area contributed by atoms with Crippen LogP contribution in [0, 0.1) is 22.6 Å². The summed E-state index contributed by atoms with van der Waals surface area (Å²) in [5.74, 6) is 0.161. The van der Waals surface area contributed by atoms with Crippen LogP contribution in [0.25, 0.3) is 0 Å². The van der Waals surface area contributed by atoms with Crippen molar-refractivity contribution in [2.75, 3.05) is 11.9 Å². The van der Waals surface area contributed by atoms with E-state index in [2.05, 4.69) is 15.3 Å². The Balaban J connectivity index is 1.79. The van der Waals surface area contributed by atoms with Gasteiger partial charge in [-0.1, -0.05) is 18.6 Å². The van der Waals surface area contributed by atoms with Crippen LogP contribution in [0.3, 0.4) is 0 Å². The summed E-state index contributed by atoms with van der Waals surface area (Å²) in [5, 5.41) is 22.8. The second kappa shape index (κ2) is 6.93. The quantitative estimate of drug-likeness (QED) is 0.883. The van der Waals surface area contributed by atoms with Gasteiger partial charge in [-0.05, 0) is 37.0 Å². The third kappa shape index (κ3) is 3.36. The lowest BCUT2D eigenvalue weighted by molar-refractivity contribution is 0.0618. The Labute approximate surface area is 140 Å². The SMILES string of the molecule is N#Cc1nccnc1NCC1(Cc2ccc(F)cc2)CCCC1O. The van der Waals surface area contributed by atoms with Crippen molar-refractivity contribution >= 4 is 5.82 Å². The fraction of sp³-hybridized carbons (Fsp3) is 0.389. The predicted molar refractivity (Wildman–Crippen MR) is 87.6 cm³/mol. The monoisotopic (exact) mass is 326 g/mol. The minimum absolute atomic E-state index is 0.238. The molecular weight excluding hydrogens is 307 g/mol. The first-order valence-corrected chi connectivity index (χ1v) is 8.00. The second-order valence-electron chi connectivity index (χ2n) is 6.29. The van der Waals surface area contributed by atoms with Gasteiger partial charge in [-0.25, -0.2) is 14.4 Å². The van der Waals surface area contributed by atoms with E-state index in [4.69, 9.17) is 5.26 Å². The fourth-order valence-electron chi connectivity index (χ4n) is 3.41. The van der Waals surface area contributed by atoms with Gasteiger partial charge in [0.15, 0.2) is 11.5 Å². The number of benzene rings is 1. The van der Waals surface area contributed by atoms with Gasteiger partial charge >= 0.3 is 0 Å². The molecule has 1 aliphatic rings. The number of nitriles is 1. The van der Waals surface area contributed by atoms with Crippen molar-refractivity contribution in [1.29, 1.82) is 5.26 Å². The number of anilines is 1. The number of nitrogens with zero attached hydrogens (tertiary/aromatic N) is 3. The molecule has 1 aromatic carbocycles. The first-order chi connectivity index (χ1) is 11.6. The molecule has 0 bridgehead atoms. The van der Waals surface area contributed by atoms with Gasteiger partial charge in [0, 0.05) is 24.4 Å². The highest BCUT2D eigenvalue weighted by Crippen LogP contribution is 2.41. The largest absolute Gasteiger partial charge is 0.392 e. The molecule has 124 valence electrons. The highest BCUT2D eigenvalue weighted by Gasteiger charge is 2.42. The number of nitrogens with one attached hydrogen (secondary N) is 1. The van der Waals surface area contributed by atoms with Gasteiger partial charge in [0.1, 0.15) is 11.9 Å². The Morgan fingerprint density at radius 3 is 2.71 bits per heavy atom. The van der Waals surface area contributed by atoms with Gasteiger partial charge in [0.2, 0.25) is 0 Å². The summed E-state index contributed by atoms with van der Waals surface area (Å²) in [6, 6.07) is 8.40. The average Bonchev–Trinajstić information content (AvgIpc) is 2.96. The van der Waals surface area contributed by atoms with Crippen LogP contribution in [0.4, 0.5) is 10.2 Å². The van der Waals surface area contributed by atoms with E-state index in [9.17, 15) is 9.50 Å². The Bertz CT molecular complexity index is 743. The molecule has 1 aliphatic carbocycles. The Kier molecular flexibility index (Phi) is 4.72. The van der Waals surface area contributed by atoms with Crippen molar-refractivity contribution in [3.63, 3.8) is 0 Å². The van der Waals surface area contributed by atoms with E-state index in [1.807, 2.05) is 6.07 Å².